The monoisotopic (exact) mass is 231 g/mol. The largest absolute Gasteiger partial charge is 0.399 e. The second-order valence-corrected chi connectivity index (χ2v) is 3.69. The van der Waals surface area contributed by atoms with Gasteiger partial charge in [-0.3, -0.25) is 9.89 Å². The zero-order valence-electron chi connectivity index (χ0n) is 9.34. The number of carbonyl (C=O) groups is 1. The van der Waals surface area contributed by atoms with Gasteiger partial charge in [-0.2, -0.15) is 5.10 Å². The van der Waals surface area contributed by atoms with Crippen LogP contribution in [0.5, 0.6) is 0 Å². The lowest BCUT2D eigenvalue weighted by atomic mass is 10.2. The molecule has 0 spiro atoms. The Hall–Kier alpha value is -2.37. The minimum Gasteiger partial charge on any atom is -0.399 e. The van der Waals surface area contributed by atoms with Gasteiger partial charge in [0.2, 0.25) is 0 Å². The molecule has 17 heavy (non-hydrogen) atoms. The van der Waals surface area contributed by atoms with Crippen molar-refractivity contribution >= 4 is 11.6 Å². The summed E-state index contributed by atoms with van der Waals surface area (Å²) in [6.45, 7) is 1.82. The molecule has 0 saturated carbocycles. The van der Waals surface area contributed by atoms with Crippen LogP contribution in [0, 0.1) is 0 Å². The van der Waals surface area contributed by atoms with E-state index in [1.54, 1.807) is 24.3 Å². The molecule has 2 aromatic rings. The number of anilines is 1. The third-order valence-electron chi connectivity index (χ3n) is 2.34. The molecule has 2 rings (SSSR count). The molecule has 0 saturated heterocycles. The van der Waals surface area contributed by atoms with Crippen molar-refractivity contribution in [2.75, 3.05) is 5.73 Å². The molecule has 1 atom stereocenters. The Morgan fingerprint density at radius 1 is 1.53 bits per heavy atom. The highest BCUT2D eigenvalue weighted by Gasteiger charge is 2.13. The number of nitrogens with one attached hydrogen (secondary N) is 2. The molecule has 0 radical (unpaired) electrons. The molecular formula is C11H13N5O. The van der Waals surface area contributed by atoms with Crippen molar-refractivity contribution in [2.24, 2.45) is 0 Å². The zero-order valence-corrected chi connectivity index (χ0v) is 9.34. The first kappa shape index (κ1) is 11.1. The molecule has 1 aromatic heterocycles. The van der Waals surface area contributed by atoms with Crippen molar-refractivity contribution in [1.29, 1.82) is 0 Å². The van der Waals surface area contributed by atoms with Gasteiger partial charge in [0.15, 0.2) is 0 Å². The number of amides is 1. The molecule has 0 aliphatic heterocycles. The van der Waals surface area contributed by atoms with E-state index in [-0.39, 0.29) is 11.9 Å². The maximum atomic E-state index is 11.9. The van der Waals surface area contributed by atoms with Gasteiger partial charge in [0.05, 0.1) is 6.04 Å². The van der Waals surface area contributed by atoms with Gasteiger partial charge < -0.3 is 11.1 Å². The molecule has 1 aromatic carbocycles. The second-order valence-electron chi connectivity index (χ2n) is 3.69. The summed E-state index contributed by atoms with van der Waals surface area (Å²) in [7, 11) is 0. The Labute approximate surface area is 98.3 Å². The Bertz CT molecular complexity index is 508. The van der Waals surface area contributed by atoms with Crippen LogP contribution in [-0.4, -0.2) is 21.1 Å². The van der Waals surface area contributed by atoms with E-state index in [4.69, 9.17) is 5.73 Å². The normalized spacial score (nSPS) is 12.1. The Balaban J connectivity index is 2.07. The first-order valence-corrected chi connectivity index (χ1v) is 5.18. The van der Waals surface area contributed by atoms with Gasteiger partial charge in [-0.25, -0.2) is 4.98 Å². The van der Waals surface area contributed by atoms with Crippen molar-refractivity contribution in [1.82, 2.24) is 20.5 Å². The Kier molecular flexibility index (Phi) is 3.04. The van der Waals surface area contributed by atoms with Crippen LogP contribution < -0.4 is 11.1 Å². The predicted octanol–water partition coefficient (Wildman–Crippen LogP) is 0.878. The molecule has 0 bridgehead atoms. The van der Waals surface area contributed by atoms with Crippen LogP contribution in [0.1, 0.15) is 29.1 Å². The summed E-state index contributed by atoms with van der Waals surface area (Å²) in [5.41, 5.74) is 6.70. The number of H-pyrrole nitrogens is 1. The molecule has 6 heteroatoms. The lowest BCUT2D eigenvalue weighted by Gasteiger charge is -2.11. The van der Waals surface area contributed by atoms with Crippen LogP contribution in [0.4, 0.5) is 5.69 Å². The van der Waals surface area contributed by atoms with Crippen LogP contribution in [0.25, 0.3) is 0 Å². The molecule has 0 fully saturated rings. The SMILES string of the molecule is CC(NC(=O)c1cccc(N)c1)c1ncn[nH]1. The minimum absolute atomic E-state index is 0.193. The number of hydrogen-bond acceptors (Lipinski definition) is 4. The Morgan fingerprint density at radius 3 is 3.00 bits per heavy atom. The fourth-order valence-corrected chi connectivity index (χ4v) is 1.45. The van der Waals surface area contributed by atoms with Gasteiger partial charge in [-0.1, -0.05) is 6.07 Å². The Morgan fingerprint density at radius 2 is 2.35 bits per heavy atom. The van der Waals surface area contributed by atoms with Crippen LogP contribution in [0.15, 0.2) is 30.6 Å². The number of nitrogen functional groups attached to an aromatic ring is 1. The highest BCUT2D eigenvalue weighted by molar-refractivity contribution is 5.95. The van der Waals surface area contributed by atoms with Gasteiger partial charge >= 0.3 is 0 Å². The summed E-state index contributed by atoms with van der Waals surface area (Å²) < 4.78 is 0. The van der Waals surface area contributed by atoms with E-state index in [1.165, 1.54) is 6.33 Å². The maximum absolute atomic E-state index is 11.9. The number of nitrogens with zero attached hydrogens (tertiary/aromatic N) is 2. The summed E-state index contributed by atoms with van der Waals surface area (Å²) in [5.74, 6) is 0.420. The van der Waals surface area contributed by atoms with E-state index in [0.717, 1.165) is 0 Å². The minimum atomic E-state index is -0.230. The van der Waals surface area contributed by atoms with Gasteiger partial charge in [0.25, 0.3) is 5.91 Å². The number of hydrogen-bond donors (Lipinski definition) is 3. The highest BCUT2D eigenvalue weighted by Crippen LogP contribution is 2.09. The van der Waals surface area contributed by atoms with Gasteiger partial charge in [-0.15, -0.1) is 0 Å². The average Bonchev–Trinajstić information content (AvgIpc) is 2.82. The third-order valence-corrected chi connectivity index (χ3v) is 2.34. The molecule has 1 unspecified atom stereocenters. The summed E-state index contributed by atoms with van der Waals surface area (Å²) in [6, 6.07) is 6.58. The highest BCUT2D eigenvalue weighted by atomic mass is 16.1. The first-order valence-electron chi connectivity index (χ1n) is 5.18. The van der Waals surface area contributed by atoms with Crippen LogP contribution in [-0.2, 0) is 0 Å². The molecule has 6 nitrogen and oxygen atoms in total. The van der Waals surface area contributed by atoms with E-state index in [1.807, 2.05) is 6.92 Å². The zero-order chi connectivity index (χ0) is 12.3. The summed E-state index contributed by atoms with van der Waals surface area (Å²) >= 11 is 0. The summed E-state index contributed by atoms with van der Waals surface area (Å²) in [4.78, 5) is 15.8. The number of rotatable bonds is 3. The van der Waals surface area contributed by atoms with E-state index >= 15 is 0 Å². The molecule has 1 heterocycles. The van der Waals surface area contributed by atoms with E-state index < -0.39 is 0 Å². The van der Waals surface area contributed by atoms with Crippen molar-refractivity contribution in [3.63, 3.8) is 0 Å². The van der Waals surface area contributed by atoms with Crippen molar-refractivity contribution < 1.29 is 4.79 Å². The lowest BCUT2D eigenvalue weighted by Crippen LogP contribution is -2.27. The lowest BCUT2D eigenvalue weighted by molar-refractivity contribution is 0.0938. The number of benzene rings is 1. The number of carbonyl (C=O) groups excluding carboxylic acids is 1. The van der Waals surface area contributed by atoms with E-state index in [0.29, 0.717) is 17.1 Å². The first-order chi connectivity index (χ1) is 8.16. The van der Waals surface area contributed by atoms with Crippen molar-refractivity contribution in [3.05, 3.63) is 42.0 Å². The molecule has 0 aliphatic rings. The maximum Gasteiger partial charge on any atom is 0.251 e. The number of aromatic amines is 1. The predicted molar refractivity (Wildman–Crippen MR) is 63.1 cm³/mol. The van der Waals surface area contributed by atoms with Gasteiger partial charge in [0, 0.05) is 11.3 Å². The van der Waals surface area contributed by atoms with Crippen molar-refractivity contribution in [3.8, 4) is 0 Å². The van der Waals surface area contributed by atoms with Crippen molar-refractivity contribution in [2.45, 2.75) is 13.0 Å². The third kappa shape index (κ3) is 2.60. The summed E-state index contributed by atoms with van der Waals surface area (Å²) in [6.07, 6.45) is 1.40. The van der Waals surface area contributed by atoms with Crippen LogP contribution in [0.2, 0.25) is 0 Å². The van der Waals surface area contributed by atoms with E-state index in [2.05, 4.69) is 20.5 Å². The smallest absolute Gasteiger partial charge is 0.251 e. The van der Waals surface area contributed by atoms with Crippen LogP contribution in [0.3, 0.4) is 0 Å². The topological polar surface area (TPSA) is 96.7 Å². The number of nitrogens with two attached hydrogens (primary N) is 1. The molecule has 0 aliphatic carbocycles. The summed E-state index contributed by atoms with van der Waals surface area (Å²) in [5, 5.41) is 9.23. The fraction of sp³-hybridized carbons (Fsp3) is 0.182. The fourth-order valence-electron chi connectivity index (χ4n) is 1.45. The molecule has 88 valence electrons. The average molecular weight is 231 g/mol. The van der Waals surface area contributed by atoms with Gasteiger partial charge in [0.1, 0.15) is 12.2 Å². The van der Waals surface area contributed by atoms with Gasteiger partial charge in [-0.05, 0) is 25.1 Å². The molecular weight excluding hydrogens is 218 g/mol. The number of aromatic nitrogens is 3. The molecule has 1 amide bonds. The van der Waals surface area contributed by atoms with Crippen LogP contribution >= 0.6 is 0 Å². The molecule has 4 N–H and O–H groups in total. The second kappa shape index (κ2) is 4.65. The quantitative estimate of drug-likeness (QED) is 0.683. The van der Waals surface area contributed by atoms with E-state index in [9.17, 15) is 4.79 Å². The standard InChI is InChI=1S/C11H13N5O/c1-7(10-13-6-14-16-10)15-11(17)8-3-2-4-9(12)5-8/h2-7H,12H2,1H3,(H,15,17)(H,13,14,16).